The third kappa shape index (κ3) is 4.70. The lowest BCUT2D eigenvalue weighted by atomic mass is 10.1. The Morgan fingerprint density at radius 1 is 1.00 bits per heavy atom. The van der Waals surface area contributed by atoms with Crippen molar-refractivity contribution < 1.29 is 14.3 Å². The molecule has 7 heteroatoms. The largest absolute Gasteiger partial charge is 0.447 e. The number of ether oxygens (including phenoxy) is 1. The first-order valence-corrected chi connectivity index (χ1v) is 12.0. The van der Waals surface area contributed by atoms with Gasteiger partial charge in [-0.2, -0.15) is 0 Å². The van der Waals surface area contributed by atoms with Crippen molar-refractivity contribution in [2.75, 3.05) is 29.5 Å². The molecule has 0 atom stereocenters. The number of amides is 2. The van der Waals surface area contributed by atoms with Gasteiger partial charge in [-0.05, 0) is 30.2 Å². The Morgan fingerprint density at radius 3 is 2.50 bits per heavy atom. The van der Waals surface area contributed by atoms with Gasteiger partial charge in [0.25, 0.3) is 5.91 Å². The van der Waals surface area contributed by atoms with Crippen molar-refractivity contribution in [2.24, 2.45) is 0 Å². The average molecular weight is 470 g/mol. The maximum absolute atomic E-state index is 13.7. The lowest BCUT2D eigenvalue weighted by Crippen LogP contribution is -2.33. The average Bonchev–Trinajstić information content (AvgIpc) is 3.55. The van der Waals surface area contributed by atoms with E-state index >= 15 is 0 Å². The summed E-state index contributed by atoms with van der Waals surface area (Å²) in [5.74, 6) is -0.153. The lowest BCUT2D eigenvalue weighted by Gasteiger charge is -2.21. The molecule has 0 saturated carbocycles. The molecule has 3 aromatic carbocycles. The molecule has 1 saturated heterocycles. The molecular weight excluding hydrogens is 446 g/mol. The van der Waals surface area contributed by atoms with Crippen LogP contribution in [0, 0.1) is 0 Å². The van der Waals surface area contributed by atoms with Crippen molar-refractivity contribution in [3.05, 3.63) is 101 Å². The molecule has 1 fully saturated rings. The van der Waals surface area contributed by atoms with E-state index in [4.69, 9.17) is 9.72 Å². The Bertz CT molecular complexity index is 1290. The van der Waals surface area contributed by atoms with Crippen molar-refractivity contribution in [2.45, 2.75) is 6.42 Å². The molecule has 0 N–H and O–H groups in total. The zero-order chi connectivity index (χ0) is 23.3. The molecule has 6 nitrogen and oxygen atoms in total. The summed E-state index contributed by atoms with van der Waals surface area (Å²) in [4.78, 5) is 33.8. The minimum atomic E-state index is -0.391. The summed E-state index contributed by atoms with van der Waals surface area (Å²) in [5, 5.41) is 2.62. The minimum Gasteiger partial charge on any atom is -0.447 e. The molecule has 0 spiro atoms. The van der Waals surface area contributed by atoms with E-state index in [1.807, 2.05) is 60.0 Å². The summed E-state index contributed by atoms with van der Waals surface area (Å²) >= 11 is 1.45. The minimum absolute atomic E-state index is 0.153. The molecule has 1 aliphatic heterocycles. The number of hydrogen-bond acceptors (Lipinski definition) is 5. The van der Waals surface area contributed by atoms with Gasteiger partial charge in [0.05, 0.1) is 12.2 Å². The number of benzene rings is 3. The second-order valence-corrected chi connectivity index (χ2v) is 8.73. The summed E-state index contributed by atoms with van der Waals surface area (Å²) in [6.45, 7) is 1.31. The summed E-state index contributed by atoms with van der Waals surface area (Å²) in [7, 11) is 0. The fourth-order valence-electron chi connectivity index (χ4n) is 3.89. The molecule has 0 radical (unpaired) electrons. The summed E-state index contributed by atoms with van der Waals surface area (Å²) in [5.41, 5.74) is 4.15. The van der Waals surface area contributed by atoms with Crippen LogP contribution in [0.3, 0.4) is 0 Å². The summed E-state index contributed by atoms with van der Waals surface area (Å²) < 4.78 is 5.05. The van der Waals surface area contributed by atoms with E-state index < -0.39 is 6.09 Å². The van der Waals surface area contributed by atoms with Crippen molar-refractivity contribution >= 4 is 34.2 Å². The predicted molar refractivity (Wildman–Crippen MR) is 135 cm³/mol. The van der Waals surface area contributed by atoms with E-state index in [9.17, 15) is 9.59 Å². The molecule has 2 heterocycles. The second kappa shape index (κ2) is 9.89. The highest BCUT2D eigenvalue weighted by atomic mass is 32.1. The van der Waals surface area contributed by atoms with E-state index in [2.05, 4.69) is 12.1 Å². The molecule has 0 aliphatic carbocycles. The van der Waals surface area contributed by atoms with Crippen LogP contribution in [0.25, 0.3) is 11.3 Å². The number of aromatic nitrogens is 1. The van der Waals surface area contributed by atoms with Crippen molar-refractivity contribution in [3.8, 4) is 11.3 Å². The van der Waals surface area contributed by atoms with E-state index in [0.717, 1.165) is 16.8 Å². The Hall–Kier alpha value is -3.97. The monoisotopic (exact) mass is 469 g/mol. The number of anilines is 2. The SMILES string of the molecule is O=C1OCCN1c1cccc(C(=O)N(CCc2ccccc2)c2nc(-c3ccccc3)cs2)c1. The zero-order valence-corrected chi connectivity index (χ0v) is 19.3. The Morgan fingerprint density at radius 2 is 1.76 bits per heavy atom. The first kappa shape index (κ1) is 21.9. The Kier molecular flexibility index (Phi) is 6.35. The standard InChI is InChI=1S/C27H23N3O3S/c31-25(22-12-7-13-23(18-22)29-16-17-33-27(29)32)30(15-14-20-8-3-1-4-9-20)26-28-24(19-34-26)21-10-5-2-6-11-21/h1-13,18-19H,14-17H2. The number of carbonyl (C=O) groups is 2. The van der Waals surface area contributed by atoms with E-state index in [-0.39, 0.29) is 5.91 Å². The summed E-state index contributed by atoms with van der Waals surface area (Å²) in [6, 6.07) is 27.1. The summed E-state index contributed by atoms with van der Waals surface area (Å²) in [6.07, 6.45) is 0.309. The van der Waals surface area contributed by atoms with Crippen LogP contribution in [-0.2, 0) is 11.2 Å². The molecule has 4 aromatic rings. The smallest absolute Gasteiger partial charge is 0.414 e. The van der Waals surface area contributed by atoms with Crippen molar-refractivity contribution in [3.63, 3.8) is 0 Å². The molecule has 0 bridgehead atoms. The van der Waals surface area contributed by atoms with Gasteiger partial charge in [0.2, 0.25) is 0 Å². The molecule has 1 aromatic heterocycles. The first-order valence-electron chi connectivity index (χ1n) is 11.1. The van der Waals surface area contributed by atoms with Crippen molar-refractivity contribution in [1.82, 2.24) is 4.98 Å². The number of hydrogen-bond donors (Lipinski definition) is 0. The number of carbonyl (C=O) groups excluding carboxylic acids is 2. The van der Waals surface area contributed by atoms with Crippen LogP contribution >= 0.6 is 11.3 Å². The molecule has 0 unspecified atom stereocenters. The molecule has 1 aliphatic rings. The number of cyclic esters (lactones) is 1. The van der Waals surface area contributed by atoms with E-state index in [1.165, 1.54) is 11.3 Å². The third-order valence-corrected chi connectivity index (χ3v) is 6.53. The van der Waals surface area contributed by atoms with Crippen LogP contribution in [0.5, 0.6) is 0 Å². The van der Waals surface area contributed by atoms with E-state index in [0.29, 0.717) is 42.5 Å². The molecule has 34 heavy (non-hydrogen) atoms. The molecule has 5 rings (SSSR count). The Labute approximate surface area is 202 Å². The first-order chi connectivity index (χ1) is 16.7. The van der Waals surface area contributed by atoms with Crippen LogP contribution in [-0.4, -0.2) is 36.7 Å². The fraction of sp³-hybridized carbons (Fsp3) is 0.148. The fourth-order valence-corrected chi connectivity index (χ4v) is 4.75. The van der Waals surface area contributed by atoms with Crippen LogP contribution in [0.15, 0.2) is 90.3 Å². The van der Waals surface area contributed by atoms with Crippen LogP contribution in [0.1, 0.15) is 15.9 Å². The number of thiazole rings is 1. The van der Waals surface area contributed by atoms with Gasteiger partial charge in [0, 0.05) is 28.7 Å². The second-order valence-electron chi connectivity index (χ2n) is 7.89. The Balaban J connectivity index is 1.45. The quantitative estimate of drug-likeness (QED) is 0.351. The highest BCUT2D eigenvalue weighted by Crippen LogP contribution is 2.29. The molecule has 170 valence electrons. The predicted octanol–water partition coefficient (Wildman–Crippen LogP) is 5.66. The maximum Gasteiger partial charge on any atom is 0.414 e. The van der Waals surface area contributed by atoms with Crippen LogP contribution in [0.2, 0.25) is 0 Å². The van der Waals surface area contributed by atoms with Gasteiger partial charge in [-0.1, -0.05) is 66.7 Å². The lowest BCUT2D eigenvalue weighted by molar-refractivity contribution is 0.0987. The number of rotatable bonds is 7. The van der Waals surface area contributed by atoms with Gasteiger partial charge < -0.3 is 4.74 Å². The third-order valence-electron chi connectivity index (χ3n) is 5.67. The molecular formula is C27H23N3O3S. The van der Waals surface area contributed by atoms with Crippen molar-refractivity contribution in [1.29, 1.82) is 0 Å². The number of nitrogens with zero attached hydrogens (tertiary/aromatic N) is 3. The van der Waals surface area contributed by atoms with Gasteiger partial charge in [-0.15, -0.1) is 11.3 Å². The topological polar surface area (TPSA) is 62.7 Å². The van der Waals surface area contributed by atoms with E-state index in [1.54, 1.807) is 28.0 Å². The van der Waals surface area contributed by atoms with Gasteiger partial charge in [-0.25, -0.2) is 9.78 Å². The van der Waals surface area contributed by atoms with Gasteiger partial charge >= 0.3 is 6.09 Å². The van der Waals surface area contributed by atoms with Crippen LogP contribution in [0.4, 0.5) is 15.6 Å². The van der Waals surface area contributed by atoms with Gasteiger partial charge in [0.1, 0.15) is 6.61 Å². The van der Waals surface area contributed by atoms with Gasteiger partial charge in [0.15, 0.2) is 5.13 Å². The zero-order valence-electron chi connectivity index (χ0n) is 18.5. The highest BCUT2D eigenvalue weighted by molar-refractivity contribution is 7.14. The van der Waals surface area contributed by atoms with Gasteiger partial charge in [-0.3, -0.25) is 14.6 Å². The highest BCUT2D eigenvalue weighted by Gasteiger charge is 2.26. The normalized spacial score (nSPS) is 13.1. The molecule has 2 amide bonds. The maximum atomic E-state index is 13.7. The van der Waals surface area contributed by atoms with Crippen LogP contribution < -0.4 is 9.80 Å².